The first-order valence-electron chi connectivity index (χ1n) is 8.62. The Morgan fingerprint density at radius 1 is 1.08 bits per heavy atom. The van der Waals surface area contributed by atoms with Crippen LogP contribution in [0.1, 0.15) is 24.0 Å². The molecule has 1 radical (unpaired) electrons. The summed E-state index contributed by atoms with van der Waals surface area (Å²) in [5, 5.41) is 3.03. The summed E-state index contributed by atoms with van der Waals surface area (Å²) < 4.78 is 0. The molecule has 0 atom stereocenters. The molecule has 0 aliphatic carbocycles. The maximum Gasteiger partial charge on any atom is 0.322 e. The lowest BCUT2D eigenvalue weighted by atomic mass is 10.1. The number of nitrogens with one attached hydrogen (secondary N) is 1. The number of likely N-dealkylation sites (tertiary alicyclic amines) is 1. The summed E-state index contributed by atoms with van der Waals surface area (Å²) in [6.07, 6.45) is 3.11. The zero-order valence-corrected chi connectivity index (χ0v) is 13.7. The third kappa shape index (κ3) is 3.09. The molecule has 0 bridgehead atoms. The highest BCUT2D eigenvalue weighted by Gasteiger charge is 2.22. The molecule has 1 fully saturated rings. The van der Waals surface area contributed by atoms with Crippen molar-refractivity contribution in [1.82, 2.24) is 4.90 Å². The number of carbonyl (C=O) groups excluding carboxylic acids is 1. The van der Waals surface area contributed by atoms with Gasteiger partial charge in [0.1, 0.15) is 0 Å². The second kappa shape index (κ2) is 6.56. The molecule has 1 N–H and O–H groups in total. The Bertz CT molecular complexity index is 723. The fourth-order valence-electron chi connectivity index (χ4n) is 3.47. The minimum absolute atomic E-state index is 0.0277. The summed E-state index contributed by atoms with van der Waals surface area (Å²) in [5.41, 5.74) is 4.78. The van der Waals surface area contributed by atoms with E-state index >= 15 is 0 Å². The van der Waals surface area contributed by atoms with Gasteiger partial charge >= 0.3 is 6.03 Å². The monoisotopic (exact) mass is 320 g/mol. The Hall–Kier alpha value is -2.49. The largest absolute Gasteiger partial charge is 0.367 e. The van der Waals surface area contributed by atoms with E-state index < -0.39 is 0 Å². The van der Waals surface area contributed by atoms with Crippen LogP contribution in [-0.4, -0.2) is 24.0 Å². The van der Waals surface area contributed by atoms with Gasteiger partial charge in [-0.3, -0.25) is 0 Å². The van der Waals surface area contributed by atoms with Gasteiger partial charge < -0.3 is 15.1 Å². The molecule has 2 heterocycles. The third-order valence-corrected chi connectivity index (χ3v) is 4.76. The quantitative estimate of drug-likeness (QED) is 0.926. The van der Waals surface area contributed by atoms with Crippen molar-refractivity contribution in [2.24, 2.45) is 0 Å². The van der Waals surface area contributed by atoms with Crippen molar-refractivity contribution >= 4 is 17.4 Å². The van der Waals surface area contributed by atoms with Gasteiger partial charge in [-0.05, 0) is 42.5 Å². The van der Waals surface area contributed by atoms with E-state index in [2.05, 4.69) is 46.6 Å². The van der Waals surface area contributed by atoms with Crippen LogP contribution >= 0.6 is 0 Å². The molecule has 2 aliphatic heterocycles. The minimum atomic E-state index is -0.0277. The molecule has 4 rings (SSSR count). The summed E-state index contributed by atoms with van der Waals surface area (Å²) in [4.78, 5) is 16.4. The normalized spacial score (nSPS) is 16.3. The Balaban J connectivity index is 1.49. The predicted octanol–water partition coefficient (Wildman–Crippen LogP) is 4.04. The Morgan fingerprint density at radius 2 is 1.96 bits per heavy atom. The van der Waals surface area contributed by atoms with Crippen molar-refractivity contribution < 1.29 is 4.79 Å². The van der Waals surface area contributed by atoms with E-state index in [0.29, 0.717) is 0 Å². The van der Waals surface area contributed by atoms with Crippen molar-refractivity contribution in [3.63, 3.8) is 0 Å². The number of fused-ring (bicyclic) bond motifs is 1. The zero-order chi connectivity index (χ0) is 16.4. The highest BCUT2D eigenvalue weighted by atomic mass is 16.2. The molecule has 24 heavy (non-hydrogen) atoms. The fraction of sp³-hybridized carbons (Fsp3) is 0.300. The number of carbonyl (C=O) groups is 1. The van der Waals surface area contributed by atoms with Gasteiger partial charge in [0.15, 0.2) is 0 Å². The number of benzene rings is 2. The Kier molecular flexibility index (Phi) is 4.11. The van der Waals surface area contributed by atoms with Crippen LogP contribution in [0, 0.1) is 6.54 Å². The standard InChI is InChI=1S/C20H22N3O/c24-20(22-11-4-5-12-22)21-18-9-8-17-10-13-23(19(17)14-18)15-16-6-2-1-3-7-16/h1-3,6-9,11,14H,4-5,10,12-13,15H2,(H,21,24). The van der Waals surface area contributed by atoms with Crippen LogP contribution < -0.4 is 10.2 Å². The van der Waals surface area contributed by atoms with Crippen LogP contribution in [0.3, 0.4) is 0 Å². The van der Waals surface area contributed by atoms with Gasteiger partial charge in [-0.2, -0.15) is 0 Å². The molecule has 4 nitrogen and oxygen atoms in total. The highest BCUT2D eigenvalue weighted by Crippen LogP contribution is 2.32. The SMILES string of the molecule is O=C(Nc1ccc2c(c1)N(Cc1ccccc1)CC2)N1[CH]CCC1. The number of rotatable bonds is 3. The molecule has 2 amide bonds. The van der Waals surface area contributed by atoms with Gasteiger partial charge in [-0.1, -0.05) is 36.4 Å². The number of hydrogen-bond acceptors (Lipinski definition) is 2. The van der Waals surface area contributed by atoms with E-state index in [1.807, 2.05) is 18.7 Å². The van der Waals surface area contributed by atoms with Crippen molar-refractivity contribution in [1.29, 1.82) is 0 Å². The lowest BCUT2D eigenvalue weighted by Gasteiger charge is -2.21. The summed E-state index contributed by atoms with van der Waals surface area (Å²) in [5.74, 6) is 0. The molecule has 0 aromatic heterocycles. The van der Waals surface area contributed by atoms with E-state index in [1.54, 1.807) is 4.90 Å². The average molecular weight is 320 g/mol. The lowest BCUT2D eigenvalue weighted by Crippen LogP contribution is -2.29. The van der Waals surface area contributed by atoms with E-state index in [1.165, 1.54) is 16.8 Å². The number of hydrogen-bond donors (Lipinski definition) is 1. The summed E-state index contributed by atoms with van der Waals surface area (Å²) in [6.45, 7) is 4.73. The maximum absolute atomic E-state index is 12.3. The smallest absolute Gasteiger partial charge is 0.322 e. The first-order chi connectivity index (χ1) is 11.8. The molecular weight excluding hydrogens is 298 g/mol. The fourth-order valence-corrected chi connectivity index (χ4v) is 3.47. The maximum atomic E-state index is 12.3. The van der Waals surface area contributed by atoms with Crippen LogP contribution in [0.15, 0.2) is 48.5 Å². The van der Waals surface area contributed by atoms with Gasteiger partial charge in [0, 0.05) is 31.0 Å². The Morgan fingerprint density at radius 3 is 2.75 bits per heavy atom. The van der Waals surface area contributed by atoms with Crippen LogP contribution in [0.5, 0.6) is 0 Å². The average Bonchev–Trinajstić information content (AvgIpc) is 3.26. The summed E-state index contributed by atoms with van der Waals surface area (Å²) in [6, 6.07) is 16.8. The van der Waals surface area contributed by atoms with Crippen molar-refractivity contribution in [2.75, 3.05) is 23.3 Å². The van der Waals surface area contributed by atoms with Gasteiger partial charge in [0.25, 0.3) is 0 Å². The molecule has 0 unspecified atom stereocenters. The molecular formula is C20H22N3O. The molecule has 123 valence electrons. The van der Waals surface area contributed by atoms with Gasteiger partial charge in [-0.25, -0.2) is 4.79 Å². The summed E-state index contributed by atoms with van der Waals surface area (Å²) >= 11 is 0. The molecule has 2 aromatic rings. The Labute approximate surface area is 143 Å². The highest BCUT2D eigenvalue weighted by molar-refractivity contribution is 5.90. The number of urea groups is 1. The first-order valence-corrected chi connectivity index (χ1v) is 8.62. The summed E-state index contributed by atoms with van der Waals surface area (Å²) in [7, 11) is 0. The first kappa shape index (κ1) is 15.1. The van der Waals surface area contributed by atoms with Gasteiger partial charge in [0.05, 0.1) is 6.54 Å². The second-order valence-electron chi connectivity index (χ2n) is 6.45. The van der Waals surface area contributed by atoms with Crippen LogP contribution in [0.25, 0.3) is 0 Å². The number of amides is 2. The van der Waals surface area contributed by atoms with Gasteiger partial charge in [0.2, 0.25) is 0 Å². The lowest BCUT2D eigenvalue weighted by molar-refractivity contribution is 0.229. The van der Waals surface area contributed by atoms with Crippen molar-refractivity contribution in [3.8, 4) is 0 Å². The van der Waals surface area contributed by atoms with E-state index in [4.69, 9.17) is 0 Å². The van der Waals surface area contributed by atoms with Crippen LogP contribution in [0.2, 0.25) is 0 Å². The van der Waals surface area contributed by atoms with Gasteiger partial charge in [-0.15, -0.1) is 0 Å². The molecule has 2 aromatic carbocycles. The van der Waals surface area contributed by atoms with E-state index in [9.17, 15) is 4.79 Å². The minimum Gasteiger partial charge on any atom is -0.367 e. The van der Waals surface area contributed by atoms with Crippen LogP contribution in [0.4, 0.5) is 16.2 Å². The second-order valence-corrected chi connectivity index (χ2v) is 6.45. The molecule has 0 saturated carbocycles. The molecule has 1 saturated heterocycles. The third-order valence-electron chi connectivity index (χ3n) is 4.76. The van der Waals surface area contributed by atoms with E-state index in [0.717, 1.165) is 44.6 Å². The zero-order valence-electron chi connectivity index (χ0n) is 13.7. The van der Waals surface area contributed by atoms with Crippen molar-refractivity contribution in [3.05, 3.63) is 66.2 Å². The predicted molar refractivity (Wildman–Crippen MR) is 96.9 cm³/mol. The van der Waals surface area contributed by atoms with Crippen molar-refractivity contribution in [2.45, 2.75) is 25.8 Å². The molecule has 4 heteroatoms. The molecule has 2 aliphatic rings. The number of anilines is 2. The van der Waals surface area contributed by atoms with Crippen LogP contribution in [-0.2, 0) is 13.0 Å². The number of nitrogens with zero attached hydrogens (tertiary/aromatic N) is 2. The topological polar surface area (TPSA) is 35.6 Å². The van der Waals surface area contributed by atoms with E-state index in [-0.39, 0.29) is 6.03 Å². The molecule has 0 spiro atoms.